The number of amides is 1. The molecule has 110 valence electrons. The average Bonchev–Trinajstić information content (AvgIpc) is 2.47. The molecule has 2 rings (SSSR count). The Bertz CT molecular complexity index is 640. The Hall–Kier alpha value is -2.07. The van der Waals surface area contributed by atoms with Gasteiger partial charge in [-0.25, -0.2) is 4.98 Å². The van der Waals surface area contributed by atoms with Crippen LogP contribution < -0.4 is 10.6 Å². The summed E-state index contributed by atoms with van der Waals surface area (Å²) in [5.74, 6) is 0.361. The van der Waals surface area contributed by atoms with Crippen molar-refractivity contribution < 1.29 is 4.79 Å². The lowest BCUT2D eigenvalue weighted by molar-refractivity contribution is 0.0939. The van der Waals surface area contributed by atoms with E-state index in [1.807, 2.05) is 38.1 Å². The van der Waals surface area contributed by atoms with Crippen molar-refractivity contribution in [1.29, 1.82) is 0 Å². The lowest BCUT2D eigenvalue weighted by Gasteiger charge is -2.15. The molecular weight excluding hydrogens is 286 g/mol. The Balaban J connectivity index is 2.10. The fourth-order valence-corrected chi connectivity index (χ4v) is 2.23. The Labute approximate surface area is 129 Å². The van der Waals surface area contributed by atoms with E-state index in [4.69, 9.17) is 11.6 Å². The first-order valence-corrected chi connectivity index (χ1v) is 7.09. The molecule has 0 fully saturated rings. The summed E-state index contributed by atoms with van der Waals surface area (Å²) in [4.78, 5) is 16.3. The highest BCUT2D eigenvalue weighted by atomic mass is 35.5. The van der Waals surface area contributed by atoms with Crippen molar-refractivity contribution in [2.24, 2.45) is 0 Å². The summed E-state index contributed by atoms with van der Waals surface area (Å²) in [6.45, 7) is 3.98. The third-order valence-electron chi connectivity index (χ3n) is 3.27. The van der Waals surface area contributed by atoms with E-state index in [-0.39, 0.29) is 11.9 Å². The highest BCUT2D eigenvalue weighted by molar-refractivity contribution is 6.33. The highest BCUT2D eigenvalue weighted by Crippen LogP contribution is 2.20. The second-order valence-electron chi connectivity index (χ2n) is 4.91. The van der Waals surface area contributed by atoms with Crippen LogP contribution in [0.5, 0.6) is 0 Å². The number of carbonyl (C=O) groups excluding carboxylic acids is 1. The van der Waals surface area contributed by atoms with Crippen LogP contribution >= 0.6 is 11.6 Å². The van der Waals surface area contributed by atoms with Crippen molar-refractivity contribution in [1.82, 2.24) is 10.3 Å². The number of hydrogen-bond donors (Lipinski definition) is 2. The number of benzene rings is 1. The second-order valence-corrected chi connectivity index (χ2v) is 5.32. The highest BCUT2D eigenvalue weighted by Gasteiger charge is 2.13. The van der Waals surface area contributed by atoms with Gasteiger partial charge in [-0.15, -0.1) is 0 Å². The predicted octanol–water partition coefficient (Wildman–Crippen LogP) is 3.58. The molecule has 1 atom stereocenters. The van der Waals surface area contributed by atoms with Crippen LogP contribution in [0.1, 0.15) is 34.5 Å². The monoisotopic (exact) mass is 303 g/mol. The molecule has 1 unspecified atom stereocenters. The summed E-state index contributed by atoms with van der Waals surface area (Å²) >= 11 is 6.04. The largest absolute Gasteiger partial charge is 0.372 e. The molecule has 4 nitrogen and oxygen atoms in total. The SMILES string of the molecule is CNc1ncc(C(=O)NC(C)c2ccc(C)cc2)cc1Cl. The first-order chi connectivity index (χ1) is 10.0. The third kappa shape index (κ3) is 3.73. The number of anilines is 1. The van der Waals surface area contributed by atoms with Gasteiger partial charge in [0.15, 0.2) is 0 Å². The van der Waals surface area contributed by atoms with E-state index in [0.29, 0.717) is 16.4 Å². The van der Waals surface area contributed by atoms with Gasteiger partial charge in [0.05, 0.1) is 16.6 Å². The number of halogens is 1. The maximum absolute atomic E-state index is 12.2. The minimum atomic E-state index is -0.194. The molecule has 1 aromatic heterocycles. The third-order valence-corrected chi connectivity index (χ3v) is 3.55. The van der Waals surface area contributed by atoms with Crippen molar-refractivity contribution in [2.45, 2.75) is 19.9 Å². The van der Waals surface area contributed by atoms with Crippen LogP contribution in [0.15, 0.2) is 36.5 Å². The second kappa shape index (κ2) is 6.59. The molecule has 1 aromatic carbocycles. The van der Waals surface area contributed by atoms with Gasteiger partial charge in [0.1, 0.15) is 5.82 Å². The number of nitrogens with one attached hydrogen (secondary N) is 2. The van der Waals surface area contributed by atoms with Crippen LogP contribution in [0.3, 0.4) is 0 Å². The van der Waals surface area contributed by atoms with Crippen molar-refractivity contribution in [3.05, 3.63) is 58.2 Å². The number of carbonyl (C=O) groups is 1. The van der Waals surface area contributed by atoms with E-state index in [9.17, 15) is 4.79 Å². The number of nitrogens with zero attached hydrogens (tertiary/aromatic N) is 1. The van der Waals surface area contributed by atoms with E-state index in [1.54, 1.807) is 13.1 Å². The molecule has 0 aliphatic heterocycles. The molecule has 1 amide bonds. The molecule has 0 aliphatic rings. The van der Waals surface area contributed by atoms with E-state index in [2.05, 4.69) is 15.6 Å². The zero-order valence-corrected chi connectivity index (χ0v) is 13.0. The summed E-state index contributed by atoms with van der Waals surface area (Å²) in [5, 5.41) is 6.22. The van der Waals surface area contributed by atoms with E-state index < -0.39 is 0 Å². The minimum Gasteiger partial charge on any atom is -0.372 e. The average molecular weight is 304 g/mol. The zero-order chi connectivity index (χ0) is 15.4. The molecule has 0 spiro atoms. The maximum Gasteiger partial charge on any atom is 0.253 e. The van der Waals surface area contributed by atoms with Gasteiger partial charge in [0.2, 0.25) is 0 Å². The molecule has 21 heavy (non-hydrogen) atoms. The quantitative estimate of drug-likeness (QED) is 0.908. The van der Waals surface area contributed by atoms with E-state index in [0.717, 1.165) is 5.56 Å². The molecule has 5 heteroatoms. The van der Waals surface area contributed by atoms with Crippen LogP contribution in [-0.4, -0.2) is 17.9 Å². The van der Waals surface area contributed by atoms with E-state index >= 15 is 0 Å². The van der Waals surface area contributed by atoms with Gasteiger partial charge in [0.25, 0.3) is 5.91 Å². The minimum absolute atomic E-state index is 0.0825. The number of pyridine rings is 1. The summed E-state index contributed by atoms with van der Waals surface area (Å²) < 4.78 is 0. The van der Waals surface area contributed by atoms with Gasteiger partial charge in [-0.3, -0.25) is 4.79 Å². The predicted molar refractivity (Wildman–Crippen MR) is 85.9 cm³/mol. The first-order valence-electron chi connectivity index (χ1n) is 6.72. The fourth-order valence-electron chi connectivity index (χ4n) is 1.96. The van der Waals surface area contributed by atoms with Gasteiger partial charge in [-0.1, -0.05) is 41.4 Å². The summed E-state index contributed by atoms with van der Waals surface area (Å²) in [6.07, 6.45) is 1.51. The number of hydrogen-bond acceptors (Lipinski definition) is 3. The number of aryl methyl sites for hydroxylation is 1. The van der Waals surface area contributed by atoms with Crippen molar-refractivity contribution in [2.75, 3.05) is 12.4 Å². The molecule has 0 saturated heterocycles. The summed E-state index contributed by atoms with van der Waals surface area (Å²) in [5.41, 5.74) is 2.69. The topological polar surface area (TPSA) is 54.0 Å². The van der Waals surface area contributed by atoms with Gasteiger partial charge >= 0.3 is 0 Å². The molecule has 0 aliphatic carbocycles. The molecule has 2 N–H and O–H groups in total. The van der Waals surface area contributed by atoms with Crippen LogP contribution in [0.4, 0.5) is 5.82 Å². The number of aromatic nitrogens is 1. The van der Waals surface area contributed by atoms with Crippen LogP contribution in [0.25, 0.3) is 0 Å². The van der Waals surface area contributed by atoms with Gasteiger partial charge < -0.3 is 10.6 Å². The lowest BCUT2D eigenvalue weighted by atomic mass is 10.1. The normalized spacial score (nSPS) is 11.8. The smallest absolute Gasteiger partial charge is 0.253 e. The van der Waals surface area contributed by atoms with E-state index in [1.165, 1.54) is 11.8 Å². The molecule has 0 saturated carbocycles. The fraction of sp³-hybridized carbons (Fsp3) is 0.250. The lowest BCUT2D eigenvalue weighted by Crippen LogP contribution is -2.26. The van der Waals surface area contributed by atoms with Crippen molar-refractivity contribution >= 4 is 23.3 Å². The van der Waals surface area contributed by atoms with Crippen LogP contribution in [0, 0.1) is 6.92 Å². The summed E-state index contributed by atoms with van der Waals surface area (Å²) in [7, 11) is 1.73. The molecule has 2 aromatic rings. The zero-order valence-electron chi connectivity index (χ0n) is 12.3. The standard InChI is InChI=1S/C16H18ClN3O/c1-10-4-6-12(7-5-10)11(2)20-16(21)13-8-14(17)15(18-3)19-9-13/h4-9,11H,1-3H3,(H,18,19)(H,20,21). The molecule has 0 bridgehead atoms. The van der Waals surface area contributed by atoms with Crippen molar-refractivity contribution in [3.63, 3.8) is 0 Å². The Morgan fingerprint density at radius 2 is 1.95 bits per heavy atom. The molecule has 1 heterocycles. The van der Waals surface area contributed by atoms with Crippen LogP contribution in [0.2, 0.25) is 5.02 Å². The van der Waals surface area contributed by atoms with Crippen molar-refractivity contribution in [3.8, 4) is 0 Å². The summed E-state index contributed by atoms with van der Waals surface area (Å²) in [6, 6.07) is 9.60. The molecular formula is C16H18ClN3O. The Morgan fingerprint density at radius 1 is 1.29 bits per heavy atom. The Kier molecular flexibility index (Phi) is 4.81. The van der Waals surface area contributed by atoms with Gasteiger partial charge in [0, 0.05) is 13.2 Å². The van der Waals surface area contributed by atoms with Crippen LogP contribution in [-0.2, 0) is 0 Å². The first kappa shape index (κ1) is 15.3. The van der Waals surface area contributed by atoms with Gasteiger partial charge in [-0.2, -0.15) is 0 Å². The maximum atomic E-state index is 12.2. The van der Waals surface area contributed by atoms with Gasteiger partial charge in [-0.05, 0) is 25.5 Å². The Morgan fingerprint density at radius 3 is 2.52 bits per heavy atom. The molecule has 0 radical (unpaired) electrons. The number of rotatable bonds is 4.